The number of hydrogen-bond donors (Lipinski definition) is 1. The fraction of sp³-hybridized carbons (Fsp3) is 0.500. The topological polar surface area (TPSA) is 57.8 Å². The van der Waals surface area contributed by atoms with E-state index in [0.717, 1.165) is 35.7 Å². The van der Waals surface area contributed by atoms with E-state index in [2.05, 4.69) is 29.0 Å². The normalized spacial score (nSPS) is 11.4. The summed E-state index contributed by atoms with van der Waals surface area (Å²) in [5.74, 6) is 0.876. The number of nitrogens with zero attached hydrogens (tertiary/aromatic N) is 4. The summed E-state index contributed by atoms with van der Waals surface area (Å²) < 4.78 is 1.94. The molecule has 0 aromatic carbocycles. The number of aromatic nitrogens is 3. The zero-order valence-electron chi connectivity index (χ0n) is 12.5. The van der Waals surface area contributed by atoms with Crippen LogP contribution in [0.1, 0.15) is 12.2 Å². The molecule has 0 saturated heterocycles. The predicted molar refractivity (Wildman–Crippen MR) is 83.1 cm³/mol. The van der Waals surface area contributed by atoms with Crippen molar-refractivity contribution >= 4 is 22.8 Å². The van der Waals surface area contributed by atoms with Crippen molar-refractivity contribution in [3.8, 4) is 0 Å². The molecule has 2 aromatic heterocycles. The first kappa shape index (κ1) is 15.0. The van der Waals surface area contributed by atoms with Crippen LogP contribution >= 0.6 is 11.8 Å². The van der Waals surface area contributed by atoms with Gasteiger partial charge in [-0.15, -0.1) is 11.8 Å². The van der Waals surface area contributed by atoms with E-state index in [-0.39, 0.29) is 0 Å². The maximum Gasteiger partial charge on any atom is 0.154 e. The fourth-order valence-corrected chi connectivity index (χ4v) is 2.54. The number of nitrogens with one attached hydrogen (secondary N) is 1. The second-order valence-corrected chi connectivity index (χ2v) is 5.94. The van der Waals surface area contributed by atoms with Gasteiger partial charge in [-0.05, 0) is 46.3 Å². The zero-order chi connectivity index (χ0) is 14.7. The second kappa shape index (κ2) is 6.37. The van der Waals surface area contributed by atoms with Crippen molar-refractivity contribution in [2.24, 2.45) is 0 Å². The molecule has 0 bridgehead atoms. The van der Waals surface area contributed by atoms with Crippen LogP contribution in [0, 0.1) is 12.3 Å². The van der Waals surface area contributed by atoms with E-state index < -0.39 is 0 Å². The third kappa shape index (κ3) is 3.19. The summed E-state index contributed by atoms with van der Waals surface area (Å²) in [5.41, 5.74) is 1.94. The molecule has 0 aliphatic heterocycles. The lowest BCUT2D eigenvalue weighted by molar-refractivity contribution is 0.382. The Kier molecular flexibility index (Phi) is 4.77. The smallest absolute Gasteiger partial charge is 0.154 e. The standard InChI is InChI=1S/C14H21N5S/c1-10-17-12-8-11(20-4)9-16-13(12)14(15)19(10)7-5-6-18(2)3/h8-9,15H,5-7H2,1-4H3. The Labute approximate surface area is 123 Å². The van der Waals surface area contributed by atoms with Crippen LogP contribution in [0.5, 0.6) is 0 Å². The molecule has 0 spiro atoms. The highest BCUT2D eigenvalue weighted by Crippen LogP contribution is 2.16. The van der Waals surface area contributed by atoms with Crippen molar-refractivity contribution in [1.29, 1.82) is 5.41 Å². The van der Waals surface area contributed by atoms with Crippen LogP contribution in [-0.4, -0.2) is 46.3 Å². The van der Waals surface area contributed by atoms with Crippen LogP contribution in [0.2, 0.25) is 0 Å². The summed E-state index contributed by atoms with van der Waals surface area (Å²) in [6.45, 7) is 3.76. The first-order valence-corrected chi connectivity index (χ1v) is 7.86. The molecule has 5 nitrogen and oxygen atoms in total. The molecule has 6 heteroatoms. The van der Waals surface area contributed by atoms with E-state index in [1.807, 2.05) is 30.0 Å². The quantitative estimate of drug-likeness (QED) is 0.855. The summed E-state index contributed by atoms with van der Waals surface area (Å²) in [6.07, 6.45) is 4.83. The van der Waals surface area contributed by atoms with Crippen molar-refractivity contribution in [2.75, 3.05) is 26.9 Å². The largest absolute Gasteiger partial charge is 0.313 e. The Hall–Kier alpha value is -1.40. The molecule has 108 valence electrons. The summed E-state index contributed by atoms with van der Waals surface area (Å²) in [7, 11) is 4.12. The van der Waals surface area contributed by atoms with Crippen LogP contribution < -0.4 is 5.49 Å². The molecule has 2 heterocycles. The van der Waals surface area contributed by atoms with Crippen molar-refractivity contribution in [3.05, 3.63) is 23.6 Å². The minimum absolute atomic E-state index is 0.457. The van der Waals surface area contributed by atoms with Gasteiger partial charge in [0.2, 0.25) is 0 Å². The van der Waals surface area contributed by atoms with Gasteiger partial charge in [0.25, 0.3) is 0 Å². The maximum absolute atomic E-state index is 8.33. The molecular formula is C14H21N5S. The molecular weight excluding hydrogens is 270 g/mol. The van der Waals surface area contributed by atoms with Gasteiger partial charge in [-0.3, -0.25) is 5.41 Å². The molecule has 0 atom stereocenters. The van der Waals surface area contributed by atoms with Gasteiger partial charge in [-0.25, -0.2) is 9.97 Å². The SMILES string of the molecule is CSc1cnc2c(=N)n(CCCN(C)C)c(C)nc2c1. The number of hydrogen-bond acceptors (Lipinski definition) is 5. The van der Waals surface area contributed by atoms with E-state index in [0.29, 0.717) is 11.0 Å². The highest BCUT2D eigenvalue weighted by atomic mass is 32.2. The lowest BCUT2D eigenvalue weighted by Gasteiger charge is -2.14. The van der Waals surface area contributed by atoms with Crippen LogP contribution in [-0.2, 0) is 6.54 Å². The minimum Gasteiger partial charge on any atom is -0.313 e. The molecule has 2 rings (SSSR count). The van der Waals surface area contributed by atoms with Crippen LogP contribution in [0.25, 0.3) is 11.0 Å². The highest BCUT2D eigenvalue weighted by Gasteiger charge is 2.07. The fourth-order valence-electron chi connectivity index (χ4n) is 2.16. The minimum atomic E-state index is 0.457. The number of rotatable bonds is 5. The lowest BCUT2D eigenvalue weighted by atomic mass is 10.3. The Morgan fingerprint density at radius 3 is 2.80 bits per heavy atom. The van der Waals surface area contributed by atoms with E-state index in [9.17, 15) is 0 Å². The van der Waals surface area contributed by atoms with Crippen molar-refractivity contribution in [2.45, 2.75) is 24.8 Å². The summed E-state index contributed by atoms with van der Waals surface area (Å²) in [6, 6.07) is 2.00. The van der Waals surface area contributed by atoms with Gasteiger partial charge in [-0.1, -0.05) is 0 Å². The molecule has 1 N–H and O–H groups in total. The summed E-state index contributed by atoms with van der Waals surface area (Å²) >= 11 is 1.64. The first-order valence-electron chi connectivity index (χ1n) is 6.63. The van der Waals surface area contributed by atoms with E-state index in [4.69, 9.17) is 5.41 Å². The monoisotopic (exact) mass is 291 g/mol. The Morgan fingerprint density at radius 2 is 2.15 bits per heavy atom. The van der Waals surface area contributed by atoms with Gasteiger partial charge in [-0.2, -0.15) is 0 Å². The number of pyridine rings is 1. The number of fused-ring (bicyclic) bond motifs is 1. The average Bonchev–Trinajstić information content (AvgIpc) is 2.41. The third-order valence-electron chi connectivity index (χ3n) is 3.23. The van der Waals surface area contributed by atoms with Gasteiger partial charge >= 0.3 is 0 Å². The molecule has 0 aliphatic carbocycles. The average molecular weight is 291 g/mol. The molecule has 20 heavy (non-hydrogen) atoms. The van der Waals surface area contributed by atoms with Crippen molar-refractivity contribution in [3.63, 3.8) is 0 Å². The van der Waals surface area contributed by atoms with Gasteiger partial charge in [0.05, 0.1) is 5.52 Å². The lowest BCUT2D eigenvalue weighted by Crippen LogP contribution is -2.26. The molecule has 0 unspecified atom stereocenters. The van der Waals surface area contributed by atoms with Crippen LogP contribution in [0.4, 0.5) is 0 Å². The molecule has 2 aromatic rings. The van der Waals surface area contributed by atoms with Gasteiger partial charge in [0.15, 0.2) is 5.49 Å². The Bertz CT molecular complexity index is 662. The van der Waals surface area contributed by atoms with E-state index in [1.54, 1.807) is 11.8 Å². The van der Waals surface area contributed by atoms with Crippen molar-refractivity contribution < 1.29 is 0 Å². The maximum atomic E-state index is 8.33. The number of aryl methyl sites for hydroxylation is 1. The van der Waals surface area contributed by atoms with Gasteiger partial charge < -0.3 is 9.47 Å². The predicted octanol–water partition coefficient (Wildman–Crippen LogP) is 1.89. The van der Waals surface area contributed by atoms with Crippen LogP contribution in [0.15, 0.2) is 17.2 Å². The van der Waals surface area contributed by atoms with Gasteiger partial charge in [0, 0.05) is 17.6 Å². The van der Waals surface area contributed by atoms with Crippen LogP contribution in [0.3, 0.4) is 0 Å². The zero-order valence-corrected chi connectivity index (χ0v) is 13.3. The number of thioether (sulfide) groups is 1. The molecule has 0 aliphatic rings. The summed E-state index contributed by atoms with van der Waals surface area (Å²) in [5, 5.41) is 8.33. The first-order chi connectivity index (χ1) is 9.52. The molecule has 0 fully saturated rings. The Balaban J connectivity index is 2.39. The van der Waals surface area contributed by atoms with Crippen molar-refractivity contribution in [1.82, 2.24) is 19.4 Å². The van der Waals surface area contributed by atoms with E-state index in [1.165, 1.54) is 0 Å². The molecule has 0 radical (unpaired) electrons. The Morgan fingerprint density at radius 1 is 1.40 bits per heavy atom. The van der Waals surface area contributed by atoms with E-state index >= 15 is 0 Å². The molecule has 0 saturated carbocycles. The third-order valence-corrected chi connectivity index (χ3v) is 3.93. The molecule has 0 amide bonds. The second-order valence-electron chi connectivity index (χ2n) is 5.06. The van der Waals surface area contributed by atoms with Gasteiger partial charge in [0.1, 0.15) is 11.3 Å². The summed E-state index contributed by atoms with van der Waals surface area (Å²) in [4.78, 5) is 12.2. The highest BCUT2D eigenvalue weighted by molar-refractivity contribution is 7.98.